The van der Waals surface area contributed by atoms with E-state index in [-0.39, 0.29) is 5.92 Å². The smallest absolute Gasteiger partial charge is 0.155 e. The highest BCUT2D eigenvalue weighted by molar-refractivity contribution is 5.40. The summed E-state index contributed by atoms with van der Waals surface area (Å²) in [4.78, 5) is 4.11. The lowest BCUT2D eigenvalue weighted by molar-refractivity contribution is 0.845. The quantitative estimate of drug-likeness (QED) is 0.652. The Morgan fingerprint density at radius 2 is 2.46 bits per heavy atom. The molecule has 0 saturated heterocycles. The Morgan fingerprint density at radius 3 is 3.15 bits per heavy atom. The molecule has 0 saturated carbocycles. The van der Waals surface area contributed by atoms with E-state index in [0.717, 1.165) is 11.3 Å². The van der Waals surface area contributed by atoms with Crippen molar-refractivity contribution in [2.45, 2.75) is 12.8 Å². The highest BCUT2D eigenvalue weighted by atomic mass is 15.2. The van der Waals surface area contributed by atoms with Crippen molar-refractivity contribution in [3.63, 3.8) is 0 Å². The van der Waals surface area contributed by atoms with Gasteiger partial charge in [0.05, 0.1) is 17.7 Å². The lowest BCUT2D eigenvalue weighted by atomic mass is 10.1. The summed E-state index contributed by atoms with van der Waals surface area (Å²) in [6, 6.07) is 5.77. The van der Waals surface area contributed by atoms with Crippen molar-refractivity contribution < 1.29 is 0 Å². The van der Waals surface area contributed by atoms with Gasteiger partial charge in [0.15, 0.2) is 5.65 Å². The lowest BCUT2D eigenvalue weighted by Crippen LogP contribution is -1.91. The minimum Gasteiger partial charge on any atom is -0.237 e. The summed E-state index contributed by atoms with van der Waals surface area (Å²) in [6.07, 6.45) is 3.52. The summed E-state index contributed by atoms with van der Waals surface area (Å²) in [6.45, 7) is 1.82. The van der Waals surface area contributed by atoms with E-state index in [1.807, 2.05) is 19.2 Å². The van der Waals surface area contributed by atoms with Crippen molar-refractivity contribution in [2.75, 3.05) is 0 Å². The number of nitrogens with zero attached hydrogens (tertiary/aromatic N) is 4. The van der Waals surface area contributed by atoms with Gasteiger partial charge >= 0.3 is 0 Å². The molecule has 0 aromatic carbocycles. The summed E-state index contributed by atoms with van der Waals surface area (Å²) in [5.74, 6) is -0.179. The zero-order valence-electron chi connectivity index (χ0n) is 7.18. The van der Waals surface area contributed by atoms with E-state index in [9.17, 15) is 0 Å². The Morgan fingerprint density at radius 1 is 1.62 bits per heavy atom. The molecule has 0 radical (unpaired) electrons. The van der Waals surface area contributed by atoms with Crippen LogP contribution >= 0.6 is 0 Å². The zero-order valence-corrected chi connectivity index (χ0v) is 7.18. The fourth-order valence-corrected chi connectivity index (χ4v) is 1.13. The Hall–Kier alpha value is -1.89. The Bertz CT molecular complexity index is 433. The van der Waals surface area contributed by atoms with Crippen molar-refractivity contribution in [2.24, 2.45) is 0 Å². The van der Waals surface area contributed by atoms with Gasteiger partial charge in [-0.2, -0.15) is 10.4 Å². The van der Waals surface area contributed by atoms with E-state index in [2.05, 4.69) is 16.2 Å². The molecule has 2 aromatic heterocycles. The monoisotopic (exact) mass is 172 g/mol. The molecule has 2 aromatic rings. The minimum absolute atomic E-state index is 0.179. The third kappa shape index (κ3) is 1.25. The number of nitriles is 1. The zero-order chi connectivity index (χ0) is 9.26. The van der Waals surface area contributed by atoms with Crippen LogP contribution < -0.4 is 0 Å². The summed E-state index contributed by atoms with van der Waals surface area (Å²) in [5, 5.41) is 12.9. The van der Waals surface area contributed by atoms with Crippen LogP contribution in [0.1, 0.15) is 18.5 Å². The van der Waals surface area contributed by atoms with Crippen LogP contribution in [0.4, 0.5) is 0 Å². The first kappa shape index (κ1) is 7.74. The molecule has 4 heteroatoms. The minimum atomic E-state index is -0.179. The molecule has 1 atom stereocenters. The molecule has 1 unspecified atom stereocenters. The topological polar surface area (TPSA) is 54.0 Å². The molecular weight excluding hydrogens is 164 g/mol. The average Bonchev–Trinajstić information content (AvgIpc) is 2.59. The molecule has 0 aliphatic carbocycles. The largest absolute Gasteiger partial charge is 0.237 e. The van der Waals surface area contributed by atoms with E-state index in [1.165, 1.54) is 0 Å². The van der Waals surface area contributed by atoms with Crippen LogP contribution in [-0.4, -0.2) is 14.6 Å². The number of hydrogen-bond acceptors (Lipinski definition) is 3. The van der Waals surface area contributed by atoms with Crippen molar-refractivity contribution in [3.05, 3.63) is 30.2 Å². The van der Waals surface area contributed by atoms with Crippen LogP contribution in [-0.2, 0) is 0 Å². The molecule has 0 aliphatic heterocycles. The molecule has 0 fully saturated rings. The first-order valence-corrected chi connectivity index (χ1v) is 4.01. The number of fused-ring (bicyclic) bond motifs is 1. The van der Waals surface area contributed by atoms with Gasteiger partial charge in [-0.15, -0.1) is 0 Å². The van der Waals surface area contributed by atoms with Crippen molar-refractivity contribution in [1.82, 2.24) is 14.6 Å². The van der Waals surface area contributed by atoms with Crippen LogP contribution in [0.2, 0.25) is 0 Å². The predicted octanol–water partition coefficient (Wildman–Crippen LogP) is 1.36. The summed E-state index contributed by atoms with van der Waals surface area (Å²) >= 11 is 0. The fourth-order valence-electron chi connectivity index (χ4n) is 1.13. The van der Waals surface area contributed by atoms with Crippen LogP contribution in [0.15, 0.2) is 24.5 Å². The van der Waals surface area contributed by atoms with Crippen LogP contribution in [0, 0.1) is 11.3 Å². The van der Waals surface area contributed by atoms with Gasteiger partial charge < -0.3 is 0 Å². The fraction of sp³-hybridized carbons (Fsp3) is 0.222. The molecule has 0 aliphatic rings. The SMILES string of the molecule is CC(C#N)c1cc2ncccn2n1. The first-order chi connectivity index (χ1) is 6.31. The third-order valence-electron chi connectivity index (χ3n) is 1.89. The maximum absolute atomic E-state index is 8.69. The standard InChI is InChI=1S/C9H8N4/c1-7(6-10)8-5-9-11-3-2-4-13(9)12-8/h2-5,7H,1H3. The molecule has 0 N–H and O–H groups in total. The maximum Gasteiger partial charge on any atom is 0.155 e. The third-order valence-corrected chi connectivity index (χ3v) is 1.89. The second-order valence-corrected chi connectivity index (χ2v) is 2.84. The lowest BCUT2D eigenvalue weighted by Gasteiger charge is -1.92. The normalized spacial score (nSPS) is 12.6. The van der Waals surface area contributed by atoms with Crippen LogP contribution in [0.25, 0.3) is 5.65 Å². The van der Waals surface area contributed by atoms with Crippen LogP contribution in [0.5, 0.6) is 0 Å². The van der Waals surface area contributed by atoms with Gasteiger partial charge in [-0.05, 0) is 13.0 Å². The Balaban J connectivity index is 2.57. The van der Waals surface area contributed by atoms with Gasteiger partial charge in [0.2, 0.25) is 0 Å². The average molecular weight is 172 g/mol. The van der Waals surface area contributed by atoms with Gasteiger partial charge in [-0.25, -0.2) is 9.50 Å². The summed E-state index contributed by atoms with van der Waals surface area (Å²) in [7, 11) is 0. The maximum atomic E-state index is 8.69. The highest BCUT2D eigenvalue weighted by Gasteiger charge is 2.08. The molecule has 2 rings (SSSR count). The number of aromatic nitrogens is 3. The summed E-state index contributed by atoms with van der Waals surface area (Å²) < 4.78 is 1.67. The van der Waals surface area contributed by atoms with Gasteiger partial charge in [0.1, 0.15) is 0 Å². The first-order valence-electron chi connectivity index (χ1n) is 4.01. The molecule has 2 heterocycles. The van der Waals surface area contributed by atoms with Gasteiger partial charge in [-0.1, -0.05) is 0 Å². The molecule has 0 bridgehead atoms. The van der Waals surface area contributed by atoms with E-state index in [1.54, 1.807) is 16.8 Å². The highest BCUT2D eigenvalue weighted by Crippen LogP contribution is 2.12. The second-order valence-electron chi connectivity index (χ2n) is 2.84. The van der Waals surface area contributed by atoms with E-state index in [0.29, 0.717) is 0 Å². The van der Waals surface area contributed by atoms with Crippen molar-refractivity contribution >= 4 is 5.65 Å². The van der Waals surface area contributed by atoms with Crippen molar-refractivity contribution in [3.8, 4) is 6.07 Å². The van der Waals surface area contributed by atoms with Crippen molar-refractivity contribution in [1.29, 1.82) is 5.26 Å². The Kier molecular flexibility index (Phi) is 1.71. The number of hydrogen-bond donors (Lipinski definition) is 0. The van der Waals surface area contributed by atoms with Gasteiger partial charge in [0, 0.05) is 18.5 Å². The van der Waals surface area contributed by atoms with E-state index >= 15 is 0 Å². The molecule has 13 heavy (non-hydrogen) atoms. The van der Waals surface area contributed by atoms with E-state index in [4.69, 9.17) is 5.26 Å². The van der Waals surface area contributed by atoms with Gasteiger partial charge in [-0.3, -0.25) is 0 Å². The summed E-state index contributed by atoms with van der Waals surface area (Å²) in [5.41, 5.74) is 1.54. The molecule has 64 valence electrons. The molecule has 0 amide bonds. The van der Waals surface area contributed by atoms with E-state index < -0.39 is 0 Å². The van der Waals surface area contributed by atoms with Gasteiger partial charge in [0.25, 0.3) is 0 Å². The van der Waals surface area contributed by atoms with Crippen LogP contribution in [0.3, 0.4) is 0 Å². The molecule has 4 nitrogen and oxygen atoms in total. The molecular formula is C9H8N4. The Labute approximate surface area is 75.4 Å². The second kappa shape index (κ2) is 2.87. The number of rotatable bonds is 1. The molecule has 0 spiro atoms. The predicted molar refractivity (Wildman–Crippen MR) is 47.0 cm³/mol.